The number of aromatic nitrogens is 1. The van der Waals surface area contributed by atoms with Crippen molar-refractivity contribution < 1.29 is 14.3 Å². The Morgan fingerprint density at radius 1 is 1.17 bits per heavy atom. The molecule has 0 aliphatic carbocycles. The van der Waals surface area contributed by atoms with Gasteiger partial charge in [0.2, 0.25) is 0 Å². The van der Waals surface area contributed by atoms with E-state index in [0.29, 0.717) is 29.5 Å². The van der Waals surface area contributed by atoms with E-state index in [9.17, 15) is 4.79 Å². The van der Waals surface area contributed by atoms with Gasteiger partial charge < -0.3 is 9.47 Å². The molecule has 0 aliphatic rings. The fraction of sp³-hybridized carbons (Fsp3) is 0.158. The summed E-state index contributed by atoms with van der Waals surface area (Å²) in [5, 5.41) is 2.36. The SMILES string of the molecule is COC(=O)c1cc(OCCc2ccc(Cl)nc2)c2ccccc2c1. The van der Waals surface area contributed by atoms with Gasteiger partial charge in [0.1, 0.15) is 10.9 Å². The van der Waals surface area contributed by atoms with Crippen molar-refractivity contribution in [2.75, 3.05) is 13.7 Å². The molecule has 122 valence electrons. The molecule has 0 saturated carbocycles. The molecule has 4 nitrogen and oxygen atoms in total. The van der Waals surface area contributed by atoms with E-state index in [0.717, 1.165) is 16.3 Å². The summed E-state index contributed by atoms with van der Waals surface area (Å²) in [7, 11) is 1.37. The Morgan fingerprint density at radius 2 is 2.00 bits per heavy atom. The number of ether oxygens (including phenoxy) is 2. The number of carbonyl (C=O) groups excluding carboxylic acids is 1. The van der Waals surface area contributed by atoms with Crippen LogP contribution in [0.2, 0.25) is 5.15 Å². The topological polar surface area (TPSA) is 48.4 Å². The van der Waals surface area contributed by atoms with Crippen LogP contribution in [0, 0.1) is 0 Å². The van der Waals surface area contributed by atoms with Crippen LogP contribution >= 0.6 is 11.6 Å². The van der Waals surface area contributed by atoms with Crippen LogP contribution in [0.25, 0.3) is 10.8 Å². The molecule has 0 aliphatic heterocycles. The predicted octanol–water partition coefficient (Wildman–Crippen LogP) is 4.30. The average molecular weight is 342 g/mol. The van der Waals surface area contributed by atoms with Gasteiger partial charge >= 0.3 is 5.97 Å². The molecule has 0 bridgehead atoms. The van der Waals surface area contributed by atoms with Gasteiger partial charge in [0.25, 0.3) is 0 Å². The third kappa shape index (κ3) is 3.66. The Kier molecular flexibility index (Phi) is 4.96. The predicted molar refractivity (Wildman–Crippen MR) is 93.7 cm³/mol. The Balaban J connectivity index is 1.82. The number of hydrogen-bond donors (Lipinski definition) is 0. The largest absolute Gasteiger partial charge is 0.493 e. The summed E-state index contributed by atoms with van der Waals surface area (Å²) in [5.41, 5.74) is 1.51. The Labute approximate surface area is 145 Å². The van der Waals surface area contributed by atoms with E-state index in [2.05, 4.69) is 4.98 Å². The maximum atomic E-state index is 11.8. The molecule has 0 atom stereocenters. The Bertz CT molecular complexity index is 862. The molecule has 2 aromatic carbocycles. The van der Waals surface area contributed by atoms with Gasteiger partial charge in [-0.25, -0.2) is 9.78 Å². The maximum Gasteiger partial charge on any atom is 0.338 e. The Hall–Kier alpha value is -2.59. The lowest BCUT2D eigenvalue weighted by Crippen LogP contribution is -2.05. The number of fused-ring (bicyclic) bond motifs is 1. The lowest BCUT2D eigenvalue weighted by molar-refractivity contribution is 0.0600. The van der Waals surface area contributed by atoms with E-state index in [-0.39, 0.29) is 5.97 Å². The second-order valence-corrected chi connectivity index (χ2v) is 5.66. The molecule has 3 aromatic rings. The first-order valence-corrected chi connectivity index (χ1v) is 7.89. The zero-order valence-electron chi connectivity index (χ0n) is 13.2. The van der Waals surface area contributed by atoms with Crippen LogP contribution < -0.4 is 4.74 Å². The summed E-state index contributed by atoms with van der Waals surface area (Å²) >= 11 is 5.78. The van der Waals surface area contributed by atoms with Crippen molar-refractivity contribution in [1.29, 1.82) is 0 Å². The number of nitrogens with zero attached hydrogens (tertiary/aromatic N) is 1. The number of carbonyl (C=O) groups is 1. The number of pyridine rings is 1. The lowest BCUT2D eigenvalue weighted by atomic mass is 10.1. The maximum absolute atomic E-state index is 11.8. The van der Waals surface area contributed by atoms with E-state index in [4.69, 9.17) is 21.1 Å². The highest BCUT2D eigenvalue weighted by atomic mass is 35.5. The molecule has 0 N–H and O–H groups in total. The van der Waals surface area contributed by atoms with Crippen LogP contribution in [0.15, 0.2) is 54.7 Å². The van der Waals surface area contributed by atoms with Gasteiger partial charge in [-0.1, -0.05) is 41.9 Å². The summed E-state index contributed by atoms with van der Waals surface area (Å²) in [6, 6.07) is 15.0. The summed E-state index contributed by atoms with van der Waals surface area (Å²) < 4.78 is 10.7. The number of methoxy groups -OCH3 is 1. The zero-order chi connectivity index (χ0) is 16.9. The van der Waals surface area contributed by atoms with E-state index in [1.165, 1.54) is 7.11 Å². The van der Waals surface area contributed by atoms with E-state index in [1.54, 1.807) is 24.4 Å². The fourth-order valence-electron chi connectivity index (χ4n) is 2.46. The highest BCUT2D eigenvalue weighted by molar-refractivity contribution is 6.29. The lowest BCUT2D eigenvalue weighted by Gasteiger charge is -2.11. The number of rotatable bonds is 5. The summed E-state index contributed by atoms with van der Waals surface area (Å²) in [5.74, 6) is 0.280. The van der Waals surface area contributed by atoms with Gasteiger partial charge in [0, 0.05) is 18.0 Å². The molecule has 0 fully saturated rings. The molecule has 0 saturated heterocycles. The average Bonchev–Trinajstić information content (AvgIpc) is 2.62. The van der Waals surface area contributed by atoms with Gasteiger partial charge in [0.05, 0.1) is 19.3 Å². The molecular formula is C19H16ClNO3. The minimum Gasteiger partial charge on any atom is -0.493 e. The van der Waals surface area contributed by atoms with Crippen molar-refractivity contribution in [3.05, 3.63) is 71.0 Å². The number of halogens is 1. The molecule has 0 spiro atoms. The van der Waals surface area contributed by atoms with Crippen LogP contribution in [-0.4, -0.2) is 24.7 Å². The van der Waals surface area contributed by atoms with Gasteiger partial charge in [0.15, 0.2) is 0 Å². The van der Waals surface area contributed by atoms with Gasteiger partial charge in [-0.05, 0) is 29.1 Å². The quantitative estimate of drug-likeness (QED) is 0.513. The molecule has 0 radical (unpaired) electrons. The normalized spacial score (nSPS) is 10.6. The van der Waals surface area contributed by atoms with E-state index in [1.807, 2.05) is 30.3 Å². The van der Waals surface area contributed by atoms with Gasteiger partial charge in [-0.3, -0.25) is 0 Å². The second kappa shape index (κ2) is 7.32. The first-order chi connectivity index (χ1) is 11.7. The molecular weight excluding hydrogens is 326 g/mol. The molecule has 5 heteroatoms. The van der Waals surface area contributed by atoms with Crippen molar-refractivity contribution in [3.63, 3.8) is 0 Å². The molecule has 24 heavy (non-hydrogen) atoms. The van der Waals surface area contributed by atoms with E-state index < -0.39 is 0 Å². The molecule has 1 aromatic heterocycles. The van der Waals surface area contributed by atoms with Gasteiger partial charge in [-0.2, -0.15) is 0 Å². The minimum absolute atomic E-state index is 0.382. The monoisotopic (exact) mass is 341 g/mol. The first-order valence-electron chi connectivity index (χ1n) is 7.52. The van der Waals surface area contributed by atoms with Crippen molar-refractivity contribution in [2.24, 2.45) is 0 Å². The van der Waals surface area contributed by atoms with Crippen LogP contribution in [0.5, 0.6) is 5.75 Å². The first kappa shape index (κ1) is 16.3. The summed E-state index contributed by atoms with van der Waals surface area (Å²) in [6.45, 7) is 0.470. The highest BCUT2D eigenvalue weighted by Gasteiger charge is 2.11. The number of benzene rings is 2. The van der Waals surface area contributed by atoms with E-state index >= 15 is 0 Å². The van der Waals surface area contributed by atoms with Crippen molar-refractivity contribution in [1.82, 2.24) is 4.98 Å². The third-order valence-corrected chi connectivity index (χ3v) is 3.91. The van der Waals surface area contributed by atoms with Crippen LogP contribution in [0.1, 0.15) is 15.9 Å². The number of esters is 1. The van der Waals surface area contributed by atoms with Crippen molar-refractivity contribution >= 4 is 28.3 Å². The minimum atomic E-state index is -0.382. The highest BCUT2D eigenvalue weighted by Crippen LogP contribution is 2.28. The summed E-state index contributed by atoms with van der Waals surface area (Å²) in [4.78, 5) is 15.9. The zero-order valence-corrected chi connectivity index (χ0v) is 13.9. The van der Waals surface area contributed by atoms with Gasteiger partial charge in [-0.15, -0.1) is 0 Å². The van der Waals surface area contributed by atoms with Crippen molar-refractivity contribution in [3.8, 4) is 5.75 Å². The molecule has 0 unspecified atom stereocenters. The van der Waals surface area contributed by atoms with Crippen LogP contribution in [-0.2, 0) is 11.2 Å². The second-order valence-electron chi connectivity index (χ2n) is 5.27. The molecule has 3 rings (SSSR count). The molecule has 0 amide bonds. The van der Waals surface area contributed by atoms with Crippen molar-refractivity contribution in [2.45, 2.75) is 6.42 Å². The van der Waals surface area contributed by atoms with Crippen LogP contribution in [0.3, 0.4) is 0 Å². The molecule has 1 heterocycles. The third-order valence-electron chi connectivity index (χ3n) is 3.68. The van der Waals surface area contributed by atoms with Crippen LogP contribution in [0.4, 0.5) is 0 Å². The fourth-order valence-corrected chi connectivity index (χ4v) is 2.58. The standard InChI is InChI=1S/C19H16ClNO3/c1-23-19(22)15-10-14-4-2-3-5-16(14)17(11-15)24-9-8-13-6-7-18(20)21-12-13/h2-7,10-12H,8-9H2,1H3. The number of hydrogen-bond acceptors (Lipinski definition) is 4. The Morgan fingerprint density at radius 3 is 2.75 bits per heavy atom. The summed E-state index contributed by atoms with van der Waals surface area (Å²) in [6.07, 6.45) is 2.43. The smallest absolute Gasteiger partial charge is 0.338 e.